The molecule has 18 heavy (non-hydrogen) atoms. The quantitative estimate of drug-likeness (QED) is 0.652. The number of nitrogens with zero attached hydrogens (tertiary/aromatic N) is 1. The minimum absolute atomic E-state index is 0.0176. The van der Waals surface area contributed by atoms with Crippen LogP contribution in [0.4, 0.5) is 26.3 Å². The summed E-state index contributed by atoms with van der Waals surface area (Å²) in [6, 6.07) is 0. The van der Waals surface area contributed by atoms with Crippen molar-refractivity contribution in [3.05, 3.63) is 22.9 Å². The minimum Gasteiger partial charge on any atom is -0.367 e. The summed E-state index contributed by atoms with van der Waals surface area (Å²) in [7, 11) is 0. The van der Waals surface area contributed by atoms with Gasteiger partial charge in [0.25, 0.3) is 0 Å². The summed E-state index contributed by atoms with van der Waals surface area (Å²) in [5, 5.41) is 0. The molecular formula is C11H13F6N. The topological polar surface area (TPSA) is 3.24 Å². The Morgan fingerprint density at radius 3 is 2.06 bits per heavy atom. The third-order valence-electron chi connectivity index (χ3n) is 2.82. The molecule has 0 amide bonds. The lowest BCUT2D eigenvalue weighted by Crippen LogP contribution is -2.32. The van der Waals surface area contributed by atoms with Crippen LogP contribution in [0, 0.1) is 0 Å². The molecule has 0 bridgehead atoms. The normalized spacial score (nSPS) is 18.9. The van der Waals surface area contributed by atoms with Crippen molar-refractivity contribution in [2.75, 3.05) is 13.1 Å². The van der Waals surface area contributed by atoms with Gasteiger partial charge in [-0.25, -0.2) is 0 Å². The van der Waals surface area contributed by atoms with Crippen LogP contribution in [-0.4, -0.2) is 30.3 Å². The van der Waals surface area contributed by atoms with E-state index in [1.54, 1.807) is 0 Å². The summed E-state index contributed by atoms with van der Waals surface area (Å²) >= 11 is 0. The van der Waals surface area contributed by atoms with Gasteiger partial charge in [0.1, 0.15) is 5.70 Å². The molecule has 0 aromatic rings. The van der Waals surface area contributed by atoms with Crippen molar-refractivity contribution in [2.45, 2.75) is 32.6 Å². The van der Waals surface area contributed by atoms with Gasteiger partial charge in [0, 0.05) is 13.1 Å². The molecule has 0 radical (unpaired) electrons. The number of allylic oxidation sites excluding steroid dienone is 3. The Morgan fingerprint density at radius 2 is 1.67 bits per heavy atom. The van der Waals surface area contributed by atoms with Crippen LogP contribution in [0.3, 0.4) is 0 Å². The number of rotatable bonds is 1. The summed E-state index contributed by atoms with van der Waals surface area (Å²) in [5.41, 5.74) is -2.49. The van der Waals surface area contributed by atoms with Crippen LogP contribution < -0.4 is 0 Å². The first-order valence-electron chi connectivity index (χ1n) is 5.38. The molecular weight excluding hydrogens is 260 g/mol. The van der Waals surface area contributed by atoms with E-state index in [0.29, 0.717) is 0 Å². The Bertz CT molecular complexity index is 374. The molecule has 0 fully saturated rings. The zero-order valence-electron chi connectivity index (χ0n) is 9.91. The molecule has 1 aliphatic heterocycles. The van der Waals surface area contributed by atoms with Crippen molar-refractivity contribution in [1.82, 2.24) is 4.90 Å². The van der Waals surface area contributed by atoms with E-state index in [4.69, 9.17) is 0 Å². The Labute approximate surface area is 101 Å². The summed E-state index contributed by atoms with van der Waals surface area (Å²) in [4.78, 5) is 0.919. The van der Waals surface area contributed by atoms with Gasteiger partial charge < -0.3 is 4.90 Å². The molecule has 0 aromatic carbocycles. The molecule has 1 aliphatic rings. The Kier molecular flexibility index (Phi) is 4.02. The Morgan fingerprint density at radius 1 is 1.11 bits per heavy atom. The summed E-state index contributed by atoms with van der Waals surface area (Å²) in [5.74, 6) is 0. The van der Waals surface area contributed by atoms with E-state index < -0.39 is 23.6 Å². The summed E-state index contributed by atoms with van der Waals surface area (Å²) in [6.07, 6.45) is -9.36. The fourth-order valence-corrected chi connectivity index (χ4v) is 1.82. The van der Waals surface area contributed by atoms with Crippen molar-refractivity contribution in [1.29, 1.82) is 0 Å². The molecule has 0 spiro atoms. The van der Waals surface area contributed by atoms with Crippen LogP contribution in [0.5, 0.6) is 0 Å². The monoisotopic (exact) mass is 273 g/mol. The summed E-state index contributed by atoms with van der Waals surface area (Å²) in [6.45, 7) is 2.65. The van der Waals surface area contributed by atoms with E-state index in [1.165, 1.54) is 13.8 Å². The van der Waals surface area contributed by atoms with Crippen molar-refractivity contribution < 1.29 is 26.3 Å². The van der Waals surface area contributed by atoms with Gasteiger partial charge in [0.2, 0.25) is 0 Å². The van der Waals surface area contributed by atoms with Gasteiger partial charge in [-0.1, -0.05) is 5.57 Å². The van der Waals surface area contributed by atoms with E-state index in [2.05, 4.69) is 0 Å². The van der Waals surface area contributed by atoms with Crippen LogP contribution in [0.25, 0.3) is 0 Å². The molecule has 7 heteroatoms. The fourth-order valence-electron chi connectivity index (χ4n) is 1.82. The molecule has 1 heterocycles. The number of alkyl halides is 6. The molecule has 1 nitrogen and oxygen atoms in total. The number of halogens is 6. The van der Waals surface area contributed by atoms with Gasteiger partial charge in [-0.05, 0) is 26.3 Å². The predicted molar refractivity (Wildman–Crippen MR) is 54.8 cm³/mol. The molecule has 104 valence electrons. The first-order valence-corrected chi connectivity index (χ1v) is 5.38. The molecule has 0 atom stereocenters. The number of hydrogen-bond acceptors (Lipinski definition) is 1. The standard InChI is InChI=1S/C11H13F6N/c1-3-18-5-4-7(2)8(10(12,13)14)6-9(18)11(15,16)17/h6H,3-5H2,1-2H3. The minimum atomic E-state index is -4.78. The predicted octanol–water partition coefficient (Wildman–Crippen LogP) is 4.04. The van der Waals surface area contributed by atoms with E-state index in [-0.39, 0.29) is 31.2 Å². The zero-order valence-corrected chi connectivity index (χ0v) is 9.91. The second-order valence-corrected chi connectivity index (χ2v) is 4.05. The fraction of sp³-hybridized carbons (Fsp3) is 0.636. The largest absolute Gasteiger partial charge is 0.431 e. The highest BCUT2D eigenvalue weighted by Crippen LogP contribution is 2.38. The van der Waals surface area contributed by atoms with E-state index >= 15 is 0 Å². The maximum absolute atomic E-state index is 12.7. The van der Waals surface area contributed by atoms with Gasteiger partial charge in [-0.3, -0.25) is 0 Å². The zero-order chi connectivity index (χ0) is 14.1. The van der Waals surface area contributed by atoms with Crippen molar-refractivity contribution in [2.24, 2.45) is 0 Å². The molecule has 0 saturated carbocycles. The molecule has 1 rings (SSSR count). The third-order valence-corrected chi connectivity index (χ3v) is 2.82. The lowest BCUT2D eigenvalue weighted by Gasteiger charge is -2.26. The Hall–Kier alpha value is -1.14. The second-order valence-electron chi connectivity index (χ2n) is 4.05. The first-order chi connectivity index (χ1) is 8.07. The van der Waals surface area contributed by atoms with Gasteiger partial charge in [-0.15, -0.1) is 0 Å². The lowest BCUT2D eigenvalue weighted by atomic mass is 10.1. The smallest absolute Gasteiger partial charge is 0.367 e. The molecule has 0 unspecified atom stereocenters. The van der Waals surface area contributed by atoms with Crippen molar-refractivity contribution in [3.63, 3.8) is 0 Å². The van der Waals surface area contributed by atoms with Crippen LogP contribution in [0.15, 0.2) is 22.9 Å². The van der Waals surface area contributed by atoms with Gasteiger partial charge in [0.05, 0.1) is 5.57 Å². The third kappa shape index (κ3) is 3.20. The maximum Gasteiger partial charge on any atom is 0.431 e. The Balaban J connectivity index is 3.31. The van der Waals surface area contributed by atoms with E-state index in [0.717, 1.165) is 4.90 Å². The average molecular weight is 273 g/mol. The molecule has 0 saturated heterocycles. The summed E-state index contributed by atoms with van der Waals surface area (Å²) < 4.78 is 76.3. The van der Waals surface area contributed by atoms with Crippen LogP contribution in [0.2, 0.25) is 0 Å². The van der Waals surface area contributed by atoms with E-state index in [1.807, 2.05) is 0 Å². The highest BCUT2D eigenvalue weighted by Gasteiger charge is 2.42. The lowest BCUT2D eigenvalue weighted by molar-refractivity contribution is -0.112. The SMILES string of the molecule is CCN1CCC(C)=C(C(F)(F)F)C=C1C(F)(F)F. The molecule has 0 aromatic heterocycles. The highest BCUT2D eigenvalue weighted by molar-refractivity contribution is 5.35. The van der Waals surface area contributed by atoms with Gasteiger partial charge >= 0.3 is 12.4 Å². The first kappa shape index (κ1) is 14.9. The van der Waals surface area contributed by atoms with E-state index in [9.17, 15) is 26.3 Å². The highest BCUT2D eigenvalue weighted by atomic mass is 19.4. The van der Waals surface area contributed by atoms with Crippen molar-refractivity contribution >= 4 is 0 Å². The van der Waals surface area contributed by atoms with Crippen molar-refractivity contribution in [3.8, 4) is 0 Å². The average Bonchev–Trinajstić information content (AvgIpc) is 2.35. The van der Waals surface area contributed by atoms with Crippen LogP contribution in [-0.2, 0) is 0 Å². The molecule has 0 N–H and O–H groups in total. The van der Waals surface area contributed by atoms with Crippen LogP contribution in [0.1, 0.15) is 20.3 Å². The maximum atomic E-state index is 12.7. The van der Waals surface area contributed by atoms with Gasteiger partial charge in [0.15, 0.2) is 0 Å². The molecule has 0 aliphatic carbocycles. The van der Waals surface area contributed by atoms with Gasteiger partial charge in [-0.2, -0.15) is 26.3 Å². The van der Waals surface area contributed by atoms with Crippen LogP contribution >= 0.6 is 0 Å². The second kappa shape index (κ2) is 4.85. The number of hydrogen-bond donors (Lipinski definition) is 0.